The highest BCUT2D eigenvalue weighted by molar-refractivity contribution is 7.22. The molecule has 416 valence electrons. The molecule has 0 unspecified atom stereocenters. The highest BCUT2D eigenvalue weighted by Crippen LogP contribution is 2.36. The number of fused-ring (bicyclic) bond motifs is 2. The Bertz CT molecular complexity index is 3420. The van der Waals surface area contributed by atoms with E-state index in [2.05, 4.69) is 30.8 Å². The third-order valence-electron chi connectivity index (χ3n) is 15.6. The lowest BCUT2D eigenvalue weighted by molar-refractivity contribution is -0.144. The van der Waals surface area contributed by atoms with Gasteiger partial charge in [0, 0.05) is 37.2 Å². The number of aromatic carboxylic acids is 1. The molecule has 4 atom stereocenters. The molecule has 0 radical (unpaired) electrons. The minimum Gasteiger partial charge on any atom is -0.493 e. The van der Waals surface area contributed by atoms with Gasteiger partial charge >= 0.3 is 5.97 Å². The third-order valence-corrected chi connectivity index (χ3v) is 17.6. The number of piperidine rings is 1. The highest BCUT2D eigenvalue weighted by Gasteiger charge is 2.45. The Kier molecular flexibility index (Phi) is 16.5. The molecule has 0 bridgehead atoms. The van der Waals surface area contributed by atoms with Crippen molar-refractivity contribution in [2.45, 2.75) is 98.0 Å². The predicted molar refractivity (Wildman–Crippen MR) is 311 cm³/mol. The van der Waals surface area contributed by atoms with Crippen molar-refractivity contribution in [3.05, 3.63) is 142 Å². The minimum atomic E-state index is -1.16. The second kappa shape index (κ2) is 23.6. The summed E-state index contributed by atoms with van der Waals surface area (Å²) < 4.78 is 7.43. The average Bonchev–Trinajstić information content (AvgIpc) is 4.23. The Labute approximate surface area is 473 Å². The number of carboxylic acid groups (broad SMARTS) is 1. The van der Waals surface area contributed by atoms with Crippen LogP contribution in [-0.2, 0) is 27.3 Å². The van der Waals surface area contributed by atoms with E-state index in [-0.39, 0.29) is 54.9 Å². The summed E-state index contributed by atoms with van der Waals surface area (Å²) in [6, 6.07) is 28.4. The van der Waals surface area contributed by atoms with E-state index in [4.69, 9.17) is 9.72 Å². The van der Waals surface area contributed by atoms with Crippen LogP contribution in [0.1, 0.15) is 102 Å². The molecular weight excluding hydrogens is 1050 g/mol. The minimum absolute atomic E-state index is 0.0157. The van der Waals surface area contributed by atoms with Crippen molar-refractivity contribution in [2.24, 2.45) is 11.3 Å². The van der Waals surface area contributed by atoms with Gasteiger partial charge in [-0.15, -0.1) is 11.3 Å². The molecule has 0 spiro atoms. The number of nitrogens with one attached hydrogen (secondary N) is 3. The number of hydrogen-bond acceptors (Lipinski definition) is 14. The second-order valence-corrected chi connectivity index (χ2v) is 24.2. The van der Waals surface area contributed by atoms with Gasteiger partial charge in [-0.3, -0.25) is 29.4 Å². The van der Waals surface area contributed by atoms with Gasteiger partial charge in [0.15, 0.2) is 10.8 Å². The molecule has 10 rings (SSSR count). The van der Waals surface area contributed by atoms with E-state index in [0.29, 0.717) is 72.6 Å². The Morgan fingerprint density at radius 3 is 2.35 bits per heavy atom. The van der Waals surface area contributed by atoms with Gasteiger partial charge in [0.1, 0.15) is 23.7 Å². The number of ether oxygens (including phenoxy) is 1. The number of benzene rings is 4. The topological polar surface area (TPSA) is 220 Å². The number of carbonyl (C=O) groups is 5. The SMILES string of the molecule is Cc1ncsc1-c1ccc([C@H](C)NC(=O)[C@@H]2C[C@@H](O)CN2C(=O)[C@@H](NC(=O)CN2CCC(COc3cccc(-c4ccc(N5CCc6cccc(C(=O)Nc7nc8ccccc8s7)c6C5)nc4C(=O)O)c3C)CC2)C(C)(C)C)cc1. The Morgan fingerprint density at radius 2 is 1.62 bits per heavy atom. The zero-order valence-electron chi connectivity index (χ0n) is 45.8. The Morgan fingerprint density at radius 1 is 0.863 bits per heavy atom. The fraction of sp³-hybridized carbons (Fsp3) is 0.377. The van der Waals surface area contributed by atoms with E-state index in [9.17, 15) is 34.2 Å². The van der Waals surface area contributed by atoms with Crippen LogP contribution in [0.25, 0.3) is 31.8 Å². The quantitative estimate of drug-likeness (QED) is 0.0611. The molecular formula is C61H67N9O8S2. The largest absolute Gasteiger partial charge is 0.493 e. The summed E-state index contributed by atoms with van der Waals surface area (Å²) in [5.74, 6) is -1.15. The number of nitrogens with zero attached hydrogens (tertiary/aromatic N) is 6. The van der Waals surface area contributed by atoms with Gasteiger partial charge in [0.2, 0.25) is 17.7 Å². The lowest BCUT2D eigenvalue weighted by Gasteiger charge is -2.36. The molecule has 0 saturated carbocycles. The van der Waals surface area contributed by atoms with E-state index in [0.717, 1.165) is 61.4 Å². The van der Waals surface area contributed by atoms with E-state index < -0.39 is 35.5 Å². The van der Waals surface area contributed by atoms with Crippen LogP contribution in [0.3, 0.4) is 0 Å². The van der Waals surface area contributed by atoms with Crippen molar-refractivity contribution in [1.82, 2.24) is 35.4 Å². The summed E-state index contributed by atoms with van der Waals surface area (Å²) in [4.78, 5) is 88.8. The van der Waals surface area contributed by atoms with Gasteiger partial charge in [-0.2, -0.15) is 0 Å². The number of likely N-dealkylation sites (tertiary alicyclic amines) is 2. The Balaban J connectivity index is 0.723. The molecule has 4 amide bonds. The fourth-order valence-electron chi connectivity index (χ4n) is 11.1. The first-order chi connectivity index (χ1) is 38.4. The molecule has 5 N–H and O–H groups in total. The van der Waals surface area contributed by atoms with Crippen LogP contribution in [0.5, 0.6) is 5.75 Å². The zero-order chi connectivity index (χ0) is 56.4. The second-order valence-electron chi connectivity index (χ2n) is 22.3. The van der Waals surface area contributed by atoms with Crippen molar-refractivity contribution in [3.63, 3.8) is 0 Å². The number of aliphatic hydroxyl groups is 1. The maximum Gasteiger partial charge on any atom is 0.355 e. The van der Waals surface area contributed by atoms with Gasteiger partial charge in [0.05, 0.1) is 51.6 Å². The van der Waals surface area contributed by atoms with Gasteiger partial charge in [-0.05, 0) is 134 Å². The molecule has 19 heteroatoms. The number of pyridine rings is 1. The number of aromatic nitrogens is 3. The molecule has 3 aliphatic rings. The molecule has 2 fully saturated rings. The van der Waals surface area contributed by atoms with Gasteiger partial charge in [-0.1, -0.05) is 92.8 Å². The van der Waals surface area contributed by atoms with Crippen LogP contribution >= 0.6 is 22.7 Å². The number of amides is 4. The van der Waals surface area contributed by atoms with E-state index in [1.165, 1.54) is 16.2 Å². The number of carboxylic acids is 1. The van der Waals surface area contributed by atoms with Crippen molar-refractivity contribution in [1.29, 1.82) is 0 Å². The molecule has 3 aliphatic heterocycles. The maximum absolute atomic E-state index is 14.4. The van der Waals surface area contributed by atoms with Crippen LogP contribution in [-0.4, -0.2) is 122 Å². The number of rotatable bonds is 16. The Hall–Kier alpha value is -7.58. The van der Waals surface area contributed by atoms with Crippen LogP contribution < -0.4 is 25.6 Å². The summed E-state index contributed by atoms with van der Waals surface area (Å²) in [6.07, 6.45) is 1.41. The van der Waals surface area contributed by atoms with Crippen molar-refractivity contribution >= 4 is 73.4 Å². The number of aliphatic hydroxyl groups excluding tert-OH is 1. The summed E-state index contributed by atoms with van der Waals surface area (Å²) in [6.45, 7) is 14.2. The lowest BCUT2D eigenvalue weighted by Crippen LogP contribution is -2.59. The number of para-hydroxylation sites is 1. The standard InChI is InChI=1S/C61H67N9O8S2/c1-35-43(44-21-22-51(65-53(44)59(76)77)69-28-25-40-11-9-13-45(46(40)31-69)56(73)67-60-64-47-14-7-8-16-50(47)80-60)12-10-15-49(35)78-33-38-23-26-68(27-24-38)32-52(72)66-55(61(4,5)6)58(75)70-30-42(71)29-48(70)57(74)63-36(2)39-17-19-41(20-18-39)54-37(3)62-34-79-54/h7-22,34,36,38,42,48,55,71H,23-33H2,1-6H3,(H,63,74)(H,66,72)(H,76,77)(H,64,67,73)/t36-,42+,48-,55+/m0/s1. The van der Waals surface area contributed by atoms with Crippen LogP contribution in [0.15, 0.2) is 103 Å². The number of anilines is 2. The van der Waals surface area contributed by atoms with Crippen LogP contribution in [0.4, 0.5) is 10.9 Å². The lowest BCUT2D eigenvalue weighted by atomic mass is 9.85. The predicted octanol–water partition coefficient (Wildman–Crippen LogP) is 9.07. The smallest absolute Gasteiger partial charge is 0.355 e. The van der Waals surface area contributed by atoms with Crippen LogP contribution in [0, 0.1) is 25.2 Å². The monoisotopic (exact) mass is 1120 g/mol. The number of carbonyl (C=O) groups excluding carboxylic acids is 4. The van der Waals surface area contributed by atoms with Crippen LogP contribution in [0.2, 0.25) is 0 Å². The van der Waals surface area contributed by atoms with Crippen molar-refractivity contribution in [2.75, 3.05) is 49.5 Å². The molecule has 17 nitrogen and oxygen atoms in total. The van der Waals surface area contributed by atoms with E-state index >= 15 is 0 Å². The summed E-state index contributed by atoms with van der Waals surface area (Å²) >= 11 is 2.99. The first-order valence-electron chi connectivity index (χ1n) is 27.2. The maximum atomic E-state index is 14.4. The average molecular weight is 1120 g/mol. The molecule has 4 aromatic carbocycles. The number of β-amino-alcohol motifs (C(OH)–C–C–N with tert-alkyl or cyclic N) is 1. The molecule has 2 saturated heterocycles. The normalized spacial score (nSPS) is 17.6. The van der Waals surface area contributed by atoms with Gasteiger partial charge < -0.3 is 35.4 Å². The summed E-state index contributed by atoms with van der Waals surface area (Å²) in [5.41, 5.74) is 9.15. The van der Waals surface area contributed by atoms with E-state index in [1.807, 2.05) is 137 Å². The van der Waals surface area contributed by atoms with Gasteiger partial charge in [0.25, 0.3) is 5.91 Å². The highest BCUT2D eigenvalue weighted by atomic mass is 32.1. The first kappa shape index (κ1) is 55.7. The van der Waals surface area contributed by atoms with Gasteiger partial charge in [-0.25, -0.2) is 19.7 Å². The fourth-order valence-corrected chi connectivity index (χ4v) is 12.8. The molecule has 0 aliphatic carbocycles. The molecule has 80 heavy (non-hydrogen) atoms. The molecule has 7 aromatic rings. The third kappa shape index (κ3) is 12.3. The van der Waals surface area contributed by atoms with Crippen molar-refractivity contribution < 1.29 is 38.9 Å². The molecule has 3 aromatic heterocycles. The number of thiazole rings is 2. The summed E-state index contributed by atoms with van der Waals surface area (Å²) in [7, 11) is 0. The molecule has 6 heterocycles. The number of hydrogen-bond donors (Lipinski definition) is 5. The first-order valence-corrected chi connectivity index (χ1v) is 28.9. The summed E-state index contributed by atoms with van der Waals surface area (Å²) in [5, 5.41) is 30.9. The van der Waals surface area contributed by atoms with Crippen molar-refractivity contribution in [3.8, 4) is 27.3 Å². The number of aryl methyl sites for hydroxylation is 1. The zero-order valence-corrected chi connectivity index (χ0v) is 47.5. The van der Waals surface area contributed by atoms with E-state index in [1.54, 1.807) is 23.5 Å².